The van der Waals surface area contributed by atoms with Crippen LogP contribution in [0.3, 0.4) is 0 Å². The Morgan fingerprint density at radius 1 is 1.00 bits per heavy atom. The molecule has 5 heteroatoms. The Morgan fingerprint density at radius 3 is 2.59 bits per heavy atom. The van der Waals surface area contributed by atoms with E-state index in [1.165, 1.54) is 40.5 Å². The van der Waals surface area contributed by atoms with E-state index in [1.54, 1.807) is 19.0 Å². The Labute approximate surface area is 205 Å². The molecule has 0 saturated carbocycles. The zero-order chi connectivity index (χ0) is 23.5. The van der Waals surface area contributed by atoms with Gasteiger partial charge in [-0.05, 0) is 72.8 Å². The van der Waals surface area contributed by atoms with Gasteiger partial charge in [0.15, 0.2) is 0 Å². The molecule has 0 N–H and O–H groups in total. The average molecular weight is 473 g/mol. The average Bonchev–Trinajstić information content (AvgIpc) is 3.31. The van der Waals surface area contributed by atoms with Crippen LogP contribution in [-0.4, -0.2) is 56.0 Å². The Balaban J connectivity index is 1.11. The van der Waals surface area contributed by atoms with E-state index < -0.39 is 0 Å². The van der Waals surface area contributed by atoms with E-state index in [0.717, 1.165) is 46.8 Å². The number of nitrogens with zero attached hydrogens (tertiary/aromatic N) is 2. The highest BCUT2D eigenvalue weighted by Crippen LogP contribution is 2.34. The monoisotopic (exact) mass is 472 g/mol. The molecule has 1 amide bonds. The lowest BCUT2D eigenvalue weighted by atomic mass is 9.88. The van der Waals surface area contributed by atoms with Crippen LogP contribution >= 0.6 is 11.3 Å². The lowest BCUT2D eigenvalue weighted by Crippen LogP contribution is -2.34. The SMILES string of the molecule is CN(C)C(=O)c1cc2c(OCCCN3CCC(c4ccc5ccccc5c4)CC3)cccc2s1. The van der Waals surface area contributed by atoms with Gasteiger partial charge in [-0.2, -0.15) is 0 Å². The van der Waals surface area contributed by atoms with Crippen molar-refractivity contribution in [1.29, 1.82) is 0 Å². The molecule has 1 saturated heterocycles. The summed E-state index contributed by atoms with van der Waals surface area (Å²) >= 11 is 1.53. The fraction of sp³-hybridized carbons (Fsp3) is 0.345. The first-order chi connectivity index (χ1) is 16.6. The minimum atomic E-state index is 0.0410. The second-order valence-corrected chi connectivity index (χ2v) is 10.5. The van der Waals surface area contributed by atoms with Gasteiger partial charge in [0.1, 0.15) is 5.75 Å². The molecule has 1 aliphatic rings. The number of ether oxygens (including phenoxy) is 1. The predicted octanol–water partition coefficient (Wildman–Crippen LogP) is 6.40. The van der Waals surface area contributed by atoms with Crippen molar-refractivity contribution in [2.75, 3.05) is 40.3 Å². The fourth-order valence-electron chi connectivity index (χ4n) is 4.91. The number of hydrogen-bond donors (Lipinski definition) is 0. The lowest BCUT2D eigenvalue weighted by molar-refractivity contribution is 0.0832. The van der Waals surface area contributed by atoms with E-state index in [-0.39, 0.29) is 5.91 Å². The van der Waals surface area contributed by atoms with E-state index in [0.29, 0.717) is 12.5 Å². The molecule has 1 fully saturated rings. The summed E-state index contributed by atoms with van der Waals surface area (Å²) in [6, 6.07) is 23.6. The van der Waals surface area contributed by atoms with Crippen LogP contribution in [-0.2, 0) is 0 Å². The number of benzene rings is 3. The van der Waals surface area contributed by atoms with Gasteiger partial charge in [-0.3, -0.25) is 4.79 Å². The Morgan fingerprint density at radius 2 is 1.79 bits per heavy atom. The van der Waals surface area contributed by atoms with E-state index in [1.807, 2.05) is 18.2 Å². The van der Waals surface area contributed by atoms with Crippen molar-refractivity contribution in [3.05, 3.63) is 77.2 Å². The first kappa shape index (κ1) is 22.9. The topological polar surface area (TPSA) is 32.8 Å². The number of hydrogen-bond acceptors (Lipinski definition) is 4. The maximum absolute atomic E-state index is 12.3. The highest BCUT2D eigenvalue weighted by atomic mass is 32.1. The van der Waals surface area contributed by atoms with Gasteiger partial charge in [0.2, 0.25) is 0 Å². The van der Waals surface area contributed by atoms with E-state index >= 15 is 0 Å². The number of piperidine rings is 1. The number of fused-ring (bicyclic) bond motifs is 2. The van der Waals surface area contributed by atoms with Crippen LogP contribution in [0.4, 0.5) is 0 Å². The van der Waals surface area contributed by atoms with Gasteiger partial charge in [0.25, 0.3) is 5.91 Å². The van der Waals surface area contributed by atoms with Gasteiger partial charge in [-0.25, -0.2) is 0 Å². The van der Waals surface area contributed by atoms with Gasteiger partial charge >= 0.3 is 0 Å². The first-order valence-electron chi connectivity index (χ1n) is 12.2. The normalized spacial score (nSPS) is 15.1. The molecule has 34 heavy (non-hydrogen) atoms. The van der Waals surface area contributed by atoms with E-state index in [9.17, 15) is 4.79 Å². The molecule has 0 bridgehead atoms. The molecule has 0 radical (unpaired) electrons. The summed E-state index contributed by atoms with van der Waals surface area (Å²) in [5.41, 5.74) is 1.48. The smallest absolute Gasteiger partial charge is 0.263 e. The number of carbonyl (C=O) groups excluding carboxylic acids is 1. The summed E-state index contributed by atoms with van der Waals surface area (Å²) in [5, 5.41) is 3.70. The molecule has 0 aliphatic carbocycles. The van der Waals surface area contributed by atoms with Crippen LogP contribution in [0.1, 0.15) is 40.4 Å². The third-order valence-corrected chi connectivity index (χ3v) is 7.94. The molecular weight excluding hydrogens is 440 g/mol. The fourth-order valence-corrected chi connectivity index (χ4v) is 6.01. The molecule has 176 valence electrons. The second kappa shape index (κ2) is 10.2. The summed E-state index contributed by atoms with van der Waals surface area (Å²) in [6.45, 7) is 4.05. The van der Waals surface area contributed by atoms with Crippen LogP contribution in [0.5, 0.6) is 5.75 Å². The Bertz CT molecular complexity index is 1290. The Kier molecular flexibility index (Phi) is 6.84. The number of amides is 1. The Hall–Kier alpha value is -2.89. The first-order valence-corrected chi connectivity index (χ1v) is 13.0. The third kappa shape index (κ3) is 4.96. The molecule has 5 rings (SSSR count). The van der Waals surface area contributed by atoms with Crippen LogP contribution in [0.25, 0.3) is 20.9 Å². The highest BCUT2D eigenvalue weighted by molar-refractivity contribution is 7.20. The third-order valence-electron chi connectivity index (χ3n) is 6.85. The molecule has 0 spiro atoms. The summed E-state index contributed by atoms with van der Waals surface area (Å²) < 4.78 is 7.25. The number of carbonyl (C=O) groups is 1. The van der Waals surface area contributed by atoms with Crippen molar-refractivity contribution in [2.45, 2.75) is 25.2 Å². The van der Waals surface area contributed by atoms with Gasteiger partial charge in [-0.1, -0.05) is 48.5 Å². The lowest BCUT2D eigenvalue weighted by Gasteiger charge is -2.32. The molecule has 1 aliphatic heterocycles. The highest BCUT2D eigenvalue weighted by Gasteiger charge is 2.20. The summed E-state index contributed by atoms with van der Waals surface area (Å²) in [4.78, 5) is 17.3. The second-order valence-electron chi connectivity index (χ2n) is 9.40. The van der Waals surface area contributed by atoms with Crippen molar-refractivity contribution >= 4 is 38.1 Å². The van der Waals surface area contributed by atoms with Crippen LogP contribution in [0.15, 0.2) is 66.7 Å². The zero-order valence-corrected chi connectivity index (χ0v) is 20.8. The largest absolute Gasteiger partial charge is 0.493 e. The molecule has 3 aromatic carbocycles. The summed E-state index contributed by atoms with van der Waals surface area (Å²) in [5.74, 6) is 1.58. The molecule has 0 unspecified atom stereocenters. The molecule has 1 aromatic heterocycles. The number of likely N-dealkylation sites (tertiary alicyclic amines) is 1. The summed E-state index contributed by atoms with van der Waals surface area (Å²) in [6.07, 6.45) is 3.44. The minimum Gasteiger partial charge on any atom is -0.493 e. The molecule has 0 atom stereocenters. The van der Waals surface area contributed by atoms with Gasteiger partial charge in [-0.15, -0.1) is 11.3 Å². The van der Waals surface area contributed by atoms with Crippen LogP contribution in [0, 0.1) is 0 Å². The van der Waals surface area contributed by atoms with Gasteiger partial charge < -0.3 is 14.5 Å². The van der Waals surface area contributed by atoms with Gasteiger partial charge in [0, 0.05) is 30.7 Å². The van der Waals surface area contributed by atoms with Crippen LogP contribution < -0.4 is 4.74 Å². The zero-order valence-electron chi connectivity index (χ0n) is 20.0. The molecule has 2 heterocycles. The number of rotatable bonds is 7. The molecule has 4 aromatic rings. The minimum absolute atomic E-state index is 0.0410. The van der Waals surface area contributed by atoms with Crippen molar-refractivity contribution in [2.24, 2.45) is 0 Å². The predicted molar refractivity (Wildman–Crippen MR) is 142 cm³/mol. The van der Waals surface area contributed by atoms with Gasteiger partial charge in [0.05, 0.1) is 11.5 Å². The maximum atomic E-state index is 12.3. The van der Waals surface area contributed by atoms with Crippen molar-refractivity contribution in [1.82, 2.24) is 9.80 Å². The van der Waals surface area contributed by atoms with E-state index in [4.69, 9.17) is 4.74 Å². The van der Waals surface area contributed by atoms with Crippen molar-refractivity contribution in [3.8, 4) is 5.75 Å². The van der Waals surface area contributed by atoms with Crippen LogP contribution in [0.2, 0.25) is 0 Å². The molecular formula is C29H32N2O2S. The van der Waals surface area contributed by atoms with Crippen molar-refractivity contribution < 1.29 is 9.53 Å². The maximum Gasteiger partial charge on any atom is 0.263 e. The molecule has 4 nitrogen and oxygen atoms in total. The number of thiophene rings is 1. The quantitative estimate of drug-likeness (QED) is 0.292. The standard InChI is InChI=1S/C29H32N2O2S/c1-30(2)29(32)28-20-25-26(9-5-10-27(25)34-28)33-18-6-15-31-16-13-22(14-17-31)24-12-11-21-7-3-4-8-23(21)19-24/h3-5,7-12,19-20,22H,6,13-18H2,1-2H3. The van der Waals surface area contributed by atoms with E-state index in [2.05, 4.69) is 53.4 Å². The van der Waals surface area contributed by atoms with Crippen molar-refractivity contribution in [3.63, 3.8) is 0 Å². The summed E-state index contributed by atoms with van der Waals surface area (Å²) in [7, 11) is 3.57.